The minimum atomic E-state index is -0.296. The number of ether oxygens (including phenoxy) is 1. The molecule has 0 aromatic heterocycles. The number of amides is 2. The van der Waals surface area contributed by atoms with Crippen LogP contribution in [0.5, 0.6) is 5.75 Å². The molecular formula is C21H24N2O3. The third-order valence-electron chi connectivity index (χ3n) is 4.40. The second kappa shape index (κ2) is 7.60. The maximum atomic E-state index is 12.5. The molecule has 2 aromatic carbocycles. The van der Waals surface area contributed by atoms with Crippen LogP contribution in [0, 0.1) is 25.7 Å². The van der Waals surface area contributed by atoms with Gasteiger partial charge in [0.2, 0.25) is 11.8 Å². The van der Waals surface area contributed by atoms with Crippen molar-refractivity contribution in [2.75, 3.05) is 17.2 Å². The van der Waals surface area contributed by atoms with E-state index in [4.69, 9.17) is 4.74 Å². The maximum Gasteiger partial charge on any atom is 0.228 e. The van der Waals surface area contributed by atoms with Gasteiger partial charge in [0, 0.05) is 5.69 Å². The highest BCUT2D eigenvalue weighted by molar-refractivity contribution is 6.03. The van der Waals surface area contributed by atoms with Gasteiger partial charge in [-0.3, -0.25) is 9.59 Å². The molecule has 2 amide bonds. The highest BCUT2D eigenvalue weighted by Crippen LogP contribution is 2.41. The average molecular weight is 352 g/mol. The monoisotopic (exact) mass is 352 g/mol. The minimum Gasteiger partial charge on any atom is -0.492 e. The smallest absolute Gasteiger partial charge is 0.228 e. The molecular weight excluding hydrogens is 328 g/mol. The Morgan fingerprint density at radius 3 is 2.27 bits per heavy atom. The van der Waals surface area contributed by atoms with Gasteiger partial charge >= 0.3 is 0 Å². The summed E-state index contributed by atoms with van der Waals surface area (Å²) in [7, 11) is 0. The molecule has 2 atom stereocenters. The molecule has 0 radical (unpaired) electrons. The number of carbonyl (C=O) groups excluding carboxylic acids is 2. The van der Waals surface area contributed by atoms with Crippen LogP contribution >= 0.6 is 0 Å². The van der Waals surface area contributed by atoms with Gasteiger partial charge in [-0.2, -0.15) is 0 Å². The molecule has 1 fully saturated rings. The number of nitrogens with one attached hydrogen (secondary N) is 2. The highest BCUT2D eigenvalue weighted by Gasteiger charge is 2.48. The van der Waals surface area contributed by atoms with Crippen LogP contribution in [0.1, 0.15) is 24.5 Å². The Morgan fingerprint density at radius 2 is 1.62 bits per heavy atom. The zero-order valence-electron chi connectivity index (χ0n) is 15.3. The number of hydrogen-bond acceptors (Lipinski definition) is 3. The van der Waals surface area contributed by atoms with Crippen molar-refractivity contribution in [3.8, 4) is 5.75 Å². The summed E-state index contributed by atoms with van der Waals surface area (Å²) >= 11 is 0. The summed E-state index contributed by atoms with van der Waals surface area (Å²) in [5, 5.41) is 5.80. The zero-order valence-corrected chi connectivity index (χ0v) is 15.3. The second-order valence-electron chi connectivity index (χ2n) is 6.73. The van der Waals surface area contributed by atoms with Crippen LogP contribution in [0.4, 0.5) is 11.4 Å². The van der Waals surface area contributed by atoms with Gasteiger partial charge < -0.3 is 15.4 Å². The Labute approximate surface area is 153 Å². The first kappa shape index (κ1) is 18.0. The van der Waals surface area contributed by atoms with Crippen molar-refractivity contribution < 1.29 is 14.3 Å². The van der Waals surface area contributed by atoms with E-state index in [-0.39, 0.29) is 23.7 Å². The lowest BCUT2D eigenvalue weighted by molar-refractivity contribution is -0.122. The molecule has 0 bridgehead atoms. The Hall–Kier alpha value is -2.82. The van der Waals surface area contributed by atoms with Crippen LogP contribution in [0.2, 0.25) is 0 Å². The van der Waals surface area contributed by atoms with Crippen LogP contribution in [-0.2, 0) is 9.59 Å². The van der Waals surface area contributed by atoms with Crippen molar-refractivity contribution in [2.24, 2.45) is 11.8 Å². The Kier molecular flexibility index (Phi) is 5.26. The molecule has 3 rings (SSSR count). The number of para-hydroxylation sites is 2. The van der Waals surface area contributed by atoms with E-state index in [1.54, 1.807) is 6.07 Å². The molecule has 0 heterocycles. The van der Waals surface area contributed by atoms with E-state index in [9.17, 15) is 9.59 Å². The topological polar surface area (TPSA) is 67.4 Å². The lowest BCUT2D eigenvalue weighted by Gasteiger charge is -2.11. The van der Waals surface area contributed by atoms with Gasteiger partial charge in [-0.15, -0.1) is 0 Å². The van der Waals surface area contributed by atoms with Gasteiger partial charge in [0.25, 0.3) is 0 Å². The molecule has 2 unspecified atom stereocenters. The molecule has 5 nitrogen and oxygen atoms in total. The minimum absolute atomic E-state index is 0.103. The van der Waals surface area contributed by atoms with Crippen molar-refractivity contribution in [1.29, 1.82) is 0 Å². The summed E-state index contributed by atoms with van der Waals surface area (Å²) in [6.07, 6.45) is 0.569. The number of benzene rings is 2. The lowest BCUT2D eigenvalue weighted by Crippen LogP contribution is -2.21. The third kappa shape index (κ3) is 4.23. The third-order valence-corrected chi connectivity index (χ3v) is 4.40. The van der Waals surface area contributed by atoms with E-state index >= 15 is 0 Å². The molecule has 136 valence electrons. The summed E-state index contributed by atoms with van der Waals surface area (Å²) in [4.78, 5) is 24.9. The van der Waals surface area contributed by atoms with E-state index in [1.165, 1.54) is 0 Å². The highest BCUT2D eigenvalue weighted by atomic mass is 16.5. The molecule has 0 saturated heterocycles. The van der Waals surface area contributed by atoms with Crippen molar-refractivity contribution in [3.63, 3.8) is 0 Å². The van der Waals surface area contributed by atoms with Crippen LogP contribution in [0.3, 0.4) is 0 Å². The molecule has 1 aliphatic carbocycles. The molecule has 0 aliphatic heterocycles. The lowest BCUT2D eigenvalue weighted by atomic mass is 10.1. The van der Waals surface area contributed by atoms with Crippen LogP contribution < -0.4 is 15.4 Å². The number of hydrogen-bond donors (Lipinski definition) is 2. The summed E-state index contributed by atoms with van der Waals surface area (Å²) in [6.45, 7) is 6.40. The van der Waals surface area contributed by atoms with E-state index in [2.05, 4.69) is 16.7 Å². The number of carbonyl (C=O) groups is 2. The van der Waals surface area contributed by atoms with Crippen molar-refractivity contribution in [3.05, 3.63) is 53.6 Å². The first-order valence-corrected chi connectivity index (χ1v) is 8.89. The fraction of sp³-hybridized carbons (Fsp3) is 0.333. The van der Waals surface area contributed by atoms with Crippen LogP contribution in [0.15, 0.2) is 42.5 Å². The summed E-state index contributed by atoms with van der Waals surface area (Å²) < 4.78 is 5.52. The SMILES string of the molecule is CCOc1ccccc1NC(=O)C1CC1C(=O)Nc1cc(C)cc(C)c1. The maximum absolute atomic E-state index is 12.5. The average Bonchev–Trinajstić information content (AvgIpc) is 3.37. The number of anilines is 2. The summed E-state index contributed by atoms with van der Waals surface area (Å²) in [5.74, 6) is -0.183. The molecule has 1 saturated carbocycles. The van der Waals surface area contributed by atoms with Gasteiger partial charge in [0.15, 0.2) is 0 Å². The molecule has 26 heavy (non-hydrogen) atoms. The van der Waals surface area contributed by atoms with Gasteiger partial charge in [-0.25, -0.2) is 0 Å². The number of aryl methyl sites for hydroxylation is 2. The predicted octanol–water partition coefficient (Wildman–Crippen LogP) is 3.92. The van der Waals surface area contributed by atoms with Gasteiger partial charge in [0.05, 0.1) is 24.1 Å². The predicted molar refractivity (Wildman–Crippen MR) is 102 cm³/mol. The standard InChI is InChI=1S/C21H24N2O3/c1-4-26-19-8-6-5-7-18(19)23-21(25)17-12-16(17)20(24)22-15-10-13(2)9-14(3)11-15/h5-11,16-17H,4,12H2,1-3H3,(H,22,24)(H,23,25). The molecule has 2 N–H and O–H groups in total. The Balaban J connectivity index is 1.59. The van der Waals surface area contributed by atoms with E-state index in [0.29, 0.717) is 24.5 Å². The summed E-state index contributed by atoms with van der Waals surface area (Å²) in [6, 6.07) is 13.2. The largest absolute Gasteiger partial charge is 0.492 e. The molecule has 5 heteroatoms. The normalized spacial score (nSPS) is 18.1. The Bertz CT molecular complexity index is 812. The van der Waals surface area contributed by atoms with Gasteiger partial charge in [0.1, 0.15) is 5.75 Å². The molecule has 0 spiro atoms. The van der Waals surface area contributed by atoms with Gasteiger partial charge in [-0.1, -0.05) is 18.2 Å². The fourth-order valence-corrected chi connectivity index (χ4v) is 3.13. The fourth-order valence-electron chi connectivity index (χ4n) is 3.13. The van der Waals surface area contributed by atoms with Crippen molar-refractivity contribution in [2.45, 2.75) is 27.2 Å². The van der Waals surface area contributed by atoms with E-state index < -0.39 is 0 Å². The van der Waals surface area contributed by atoms with E-state index in [0.717, 1.165) is 16.8 Å². The van der Waals surface area contributed by atoms with Gasteiger partial charge in [-0.05, 0) is 62.6 Å². The number of rotatable bonds is 6. The molecule has 1 aliphatic rings. The summed E-state index contributed by atoms with van der Waals surface area (Å²) in [5.41, 5.74) is 3.61. The zero-order chi connectivity index (χ0) is 18.7. The first-order valence-electron chi connectivity index (χ1n) is 8.89. The van der Waals surface area contributed by atoms with Crippen LogP contribution in [0.25, 0.3) is 0 Å². The Morgan fingerprint density at radius 1 is 1.00 bits per heavy atom. The first-order chi connectivity index (χ1) is 12.5. The van der Waals surface area contributed by atoms with Crippen LogP contribution in [-0.4, -0.2) is 18.4 Å². The quantitative estimate of drug-likeness (QED) is 0.828. The second-order valence-corrected chi connectivity index (χ2v) is 6.73. The van der Waals surface area contributed by atoms with E-state index in [1.807, 2.05) is 51.1 Å². The molecule has 2 aromatic rings. The van der Waals surface area contributed by atoms with Crippen molar-refractivity contribution in [1.82, 2.24) is 0 Å². The van der Waals surface area contributed by atoms with Crippen molar-refractivity contribution >= 4 is 23.2 Å².